The minimum atomic E-state index is -0.411. The fraction of sp³-hybridized carbons (Fsp3) is 0.529. The van der Waals surface area contributed by atoms with Crippen molar-refractivity contribution in [2.24, 2.45) is 0 Å². The fourth-order valence-electron chi connectivity index (χ4n) is 2.50. The minimum Gasteiger partial charge on any atom is -0.393 e. The van der Waals surface area contributed by atoms with Crippen LogP contribution in [-0.2, 0) is 13.0 Å². The van der Waals surface area contributed by atoms with Gasteiger partial charge in [0, 0.05) is 6.54 Å². The molecule has 1 aromatic carbocycles. The molecule has 4 nitrogen and oxygen atoms in total. The maximum atomic E-state index is 12.6. The summed E-state index contributed by atoms with van der Waals surface area (Å²) in [6.45, 7) is 4.62. The minimum absolute atomic E-state index is 0.00884. The van der Waals surface area contributed by atoms with E-state index in [2.05, 4.69) is 11.9 Å². The summed E-state index contributed by atoms with van der Waals surface area (Å²) in [7, 11) is 0. The molecule has 1 unspecified atom stereocenters. The van der Waals surface area contributed by atoms with Gasteiger partial charge in [0.1, 0.15) is 5.69 Å². The van der Waals surface area contributed by atoms with Gasteiger partial charge in [0.2, 0.25) is 0 Å². The van der Waals surface area contributed by atoms with E-state index in [4.69, 9.17) is 0 Å². The van der Waals surface area contributed by atoms with Gasteiger partial charge in [-0.2, -0.15) is 0 Å². The summed E-state index contributed by atoms with van der Waals surface area (Å²) in [6.07, 6.45) is 3.93. The van der Waals surface area contributed by atoms with Crippen LogP contribution in [0.25, 0.3) is 11.0 Å². The molecule has 0 amide bonds. The Bertz CT molecular complexity index is 647. The Hall–Kier alpha value is -1.68. The first-order valence-electron chi connectivity index (χ1n) is 7.80. The van der Waals surface area contributed by atoms with Gasteiger partial charge >= 0.3 is 0 Å². The molecule has 0 aliphatic heterocycles. The predicted octanol–water partition coefficient (Wildman–Crippen LogP) is 2.90. The smallest absolute Gasteiger partial charge is 0.272 e. The maximum Gasteiger partial charge on any atom is 0.272 e. The molecule has 114 valence electrons. The maximum absolute atomic E-state index is 12.6. The van der Waals surface area contributed by atoms with Gasteiger partial charge in [-0.05, 0) is 38.3 Å². The van der Waals surface area contributed by atoms with Crippen molar-refractivity contribution in [3.8, 4) is 0 Å². The lowest BCUT2D eigenvalue weighted by Gasteiger charge is -2.12. The van der Waals surface area contributed by atoms with Crippen molar-refractivity contribution >= 4 is 11.0 Å². The van der Waals surface area contributed by atoms with Crippen molar-refractivity contribution in [3.63, 3.8) is 0 Å². The van der Waals surface area contributed by atoms with E-state index in [1.807, 2.05) is 28.8 Å². The Morgan fingerprint density at radius 1 is 1.29 bits per heavy atom. The Labute approximate surface area is 125 Å². The van der Waals surface area contributed by atoms with E-state index in [1.54, 1.807) is 6.92 Å². The van der Waals surface area contributed by atoms with E-state index >= 15 is 0 Å². The molecule has 0 fully saturated rings. The number of nitrogens with zero attached hydrogens (tertiary/aromatic N) is 2. The average molecular weight is 288 g/mol. The van der Waals surface area contributed by atoms with Crippen LogP contribution in [-0.4, -0.2) is 20.8 Å². The van der Waals surface area contributed by atoms with Gasteiger partial charge in [-0.15, -0.1) is 0 Å². The summed E-state index contributed by atoms with van der Waals surface area (Å²) >= 11 is 0. The predicted molar refractivity (Wildman–Crippen MR) is 85.5 cm³/mol. The van der Waals surface area contributed by atoms with E-state index < -0.39 is 6.10 Å². The molecule has 1 heterocycles. The number of fused-ring (bicyclic) bond motifs is 1. The largest absolute Gasteiger partial charge is 0.393 e. The van der Waals surface area contributed by atoms with Crippen LogP contribution in [0.15, 0.2) is 29.1 Å². The molecule has 0 spiro atoms. The molecular weight excluding hydrogens is 264 g/mol. The van der Waals surface area contributed by atoms with Gasteiger partial charge in [-0.3, -0.25) is 4.79 Å². The van der Waals surface area contributed by atoms with Gasteiger partial charge in [0.15, 0.2) is 0 Å². The van der Waals surface area contributed by atoms with Crippen molar-refractivity contribution in [3.05, 3.63) is 40.3 Å². The number of aliphatic hydroxyl groups is 1. The second kappa shape index (κ2) is 7.36. The van der Waals surface area contributed by atoms with Gasteiger partial charge < -0.3 is 9.67 Å². The molecule has 1 aromatic heterocycles. The Morgan fingerprint density at radius 2 is 2.05 bits per heavy atom. The quantitative estimate of drug-likeness (QED) is 0.797. The zero-order chi connectivity index (χ0) is 15.2. The molecule has 4 heteroatoms. The molecule has 2 aromatic rings. The summed E-state index contributed by atoms with van der Waals surface area (Å²) in [6, 6.07) is 7.77. The van der Waals surface area contributed by atoms with Crippen LogP contribution in [0.1, 0.15) is 45.2 Å². The van der Waals surface area contributed by atoms with Crippen LogP contribution in [0.3, 0.4) is 0 Å². The highest BCUT2D eigenvalue weighted by molar-refractivity contribution is 5.74. The third-order valence-corrected chi connectivity index (χ3v) is 3.70. The van der Waals surface area contributed by atoms with Gasteiger partial charge in [0.05, 0.1) is 17.1 Å². The molecule has 21 heavy (non-hydrogen) atoms. The van der Waals surface area contributed by atoms with Crippen LogP contribution < -0.4 is 5.56 Å². The number of rotatable bonds is 7. The molecular formula is C17H24N2O2. The molecule has 1 atom stereocenters. The SMILES string of the molecule is CCCCCn1c(=O)c(CCC(C)O)nc2ccccc21. The van der Waals surface area contributed by atoms with Crippen LogP contribution >= 0.6 is 0 Å². The molecule has 2 rings (SSSR count). The van der Waals surface area contributed by atoms with Crippen molar-refractivity contribution in [2.75, 3.05) is 0 Å². The Morgan fingerprint density at radius 3 is 2.76 bits per heavy atom. The molecule has 0 bridgehead atoms. The first kappa shape index (κ1) is 15.7. The molecule has 0 saturated carbocycles. The number of hydrogen-bond donors (Lipinski definition) is 1. The van der Waals surface area contributed by atoms with Crippen LogP contribution in [0.4, 0.5) is 0 Å². The number of aromatic nitrogens is 2. The Balaban J connectivity index is 2.41. The van der Waals surface area contributed by atoms with Crippen molar-refractivity contribution in [1.29, 1.82) is 0 Å². The number of benzene rings is 1. The highest BCUT2D eigenvalue weighted by Gasteiger charge is 2.11. The van der Waals surface area contributed by atoms with Gasteiger partial charge in [-0.1, -0.05) is 31.9 Å². The zero-order valence-corrected chi connectivity index (χ0v) is 12.9. The lowest BCUT2D eigenvalue weighted by Crippen LogP contribution is -2.26. The van der Waals surface area contributed by atoms with Crippen molar-refractivity contribution in [2.45, 2.75) is 58.6 Å². The number of para-hydroxylation sites is 2. The lowest BCUT2D eigenvalue weighted by molar-refractivity contribution is 0.184. The standard InChI is InChI=1S/C17H24N2O2/c1-3-4-7-12-19-16-9-6-5-8-14(16)18-15(17(19)21)11-10-13(2)20/h5-6,8-9,13,20H,3-4,7,10-12H2,1-2H3. The van der Waals surface area contributed by atoms with Crippen molar-refractivity contribution < 1.29 is 5.11 Å². The fourth-order valence-corrected chi connectivity index (χ4v) is 2.50. The third kappa shape index (κ3) is 3.91. The highest BCUT2D eigenvalue weighted by Crippen LogP contribution is 2.12. The summed E-state index contributed by atoms with van der Waals surface area (Å²) in [5, 5.41) is 9.42. The number of aryl methyl sites for hydroxylation is 2. The summed E-state index contributed by atoms with van der Waals surface area (Å²) in [4.78, 5) is 17.1. The van der Waals surface area contributed by atoms with E-state index in [-0.39, 0.29) is 5.56 Å². The lowest BCUT2D eigenvalue weighted by atomic mass is 10.1. The first-order valence-corrected chi connectivity index (χ1v) is 7.80. The van der Waals surface area contributed by atoms with Crippen molar-refractivity contribution in [1.82, 2.24) is 9.55 Å². The van der Waals surface area contributed by atoms with E-state index in [0.717, 1.165) is 36.8 Å². The monoisotopic (exact) mass is 288 g/mol. The van der Waals surface area contributed by atoms with E-state index in [9.17, 15) is 9.90 Å². The average Bonchev–Trinajstić information content (AvgIpc) is 2.47. The summed E-state index contributed by atoms with van der Waals surface area (Å²) in [5.41, 5.74) is 2.31. The summed E-state index contributed by atoms with van der Waals surface area (Å²) in [5.74, 6) is 0. The van der Waals surface area contributed by atoms with Gasteiger partial charge in [-0.25, -0.2) is 4.98 Å². The molecule has 0 aliphatic rings. The summed E-state index contributed by atoms with van der Waals surface area (Å²) < 4.78 is 1.84. The molecule has 0 saturated heterocycles. The molecule has 0 aliphatic carbocycles. The first-order chi connectivity index (χ1) is 10.1. The number of unbranched alkanes of at least 4 members (excludes halogenated alkanes) is 2. The topological polar surface area (TPSA) is 55.1 Å². The Kier molecular flexibility index (Phi) is 5.51. The third-order valence-electron chi connectivity index (χ3n) is 3.70. The molecule has 0 radical (unpaired) electrons. The number of hydrogen-bond acceptors (Lipinski definition) is 3. The zero-order valence-electron chi connectivity index (χ0n) is 12.9. The van der Waals surface area contributed by atoms with Crippen LogP contribution in [0.5, 0.6) is 0 Å². The van der Waals surface area contributed by atoms with Crippen LogP contribution in [0, 0.1) is 0 Å². The van der Waals surface area contributed by atoms with E-state index in [0.29, 0.717) is 18.5 Å². The molecule has 1 N–H and O–H groups in total. The normalized spacial score (nSPS) is 12.7. The second-order valence-electron chi connectivity index (χ2n) is 5.60. The number of aliphatic hydroxyl groups excluding tert-OH is 1. The highest BCUT2D eigenvalue weighted by atomic mass is 16.3. The van der Waals surface area contributed by atoms with Crippen LogP contribution in [0.2, 0.25) is 0 Å². The second-order valence-corrected chi connectivity index (χ2v) is 5.60. The van der Waals surface area contributed by atoms with Gasteiger partial charge in [0.25, 0.3) is 5.56 Å². The van der Waals surface area contributed by atoms with E-state index in [1.165, 1.54) is 0 Å².